The molecule has 0 aliphatic carbocycles. The van der Waals surface area contributed by atoms with Crippen LogP contribution in [0.1, 0.15) is 30.2 Å². The molecule has 0 spiro atoms. The van der Waals surface area contributed by atoms with Crippen LogP contribution in [0.25, 0.3) is 17.1 Å². The number of rotatable bonds is 7. The Hall–Kier alpha value is -3.10. The van der Waals surface area contributed by atoms with Gasteiger partial charge in [-0.1, -0.05) is 53.7 Å². The summed E-state index contributed by atoms with van der Waals surface area (Å²) in [5.74, 6) is 1.20. The van der Waals surface area contributed by atoms with Gasteiger partial charge in [-0.25, -0.2) is 4.98 Å². The second kappa shape index (κ2) is 9.36. The van der Waals surface area contributed by atoms with Crippen LogP contribution in [0.15, 0.2) is 70.4 Å². The summed E-state index contributed by atoms with van der Waals surface area (Å²) in [5, 5.41) is 12.8. The molecule has 0 unspecified atom stereocenters. The normalized spacial score (nSPS) is 11.1. The van der Waals surface area contributed by atoms with E-state index < -0.39 is 0 Å². The first-order valence-corrected chi connectivity index (χ1v) is 11.0. The fraction of sp³-hybridized carbons (Fsp3) is 0.182. The molecule has 158 valence electrons. The first-order chi connectivity index (χ1) is 15.0. The van der Waals surface area contributed by atoms with Gasteiger partial charge in [0.15, 0.2) is 16.7 Å². The van der Waals surface area contributed by atoms with Crippen molar-refractivity contribution in [1.82, 2.24) is 25.1 Å². The largest absolute Gasteiger partial charge is 0.447 e. The SMILES string of the molecule is CC(C)NC(=O)c1coc(CSc2nnc(-c3ccccc3Cl)n2-c2ccccc2)n1. The number of carbonyl (C=O) groups excluding carboxylic acids is 1. The van der Waals surface area contributed by atoms with Crippen molar-refractivity contribution in [2.75, 3.05) is 0 Å². The van der Waals surface area contributed by atoms with Gasteiger partial charge in [-0.15, -0.1) is 10.2 Å². The van der Waals surface area contributed by atoms with Gasteiger partial charge in [0, 0.05) is 17.3 Å². The number of thioether (sulfide) groups is 1. The standard InChI is InChI=1S/C22H20ClN5O2S/c1-14(2)24-21(29)18-12-30-19(25-18)13-31-22-27-26-20(16-10-6-7-11-17(16)23)28(22)15-8-4-3-5-9-15/h3-12,14H,13H2,1-2H3,(H,24,29). The first kappa shape index (κ1) is 21.1. The molecule has 0 aliphatic rings. The van der Waals surface area contributed by atoms with Gasteiger partial charge < -0.3 is 9.73 Å². The van der Waals surface area contributed by atoms with E-state index in [1.807, 2.05) is 73.0 Å². The van der Waals surface area contributed by atoms with E-state index in [4.69, 9.17) is 16.0 Å². The van der Waals surface area contributed by atoms with E-state index in [0.29, 0.717) is 27.6 Å². The second-order valence-corrected chi connectivity index (χ2v) is 8.35. The lowest BCUT2D eigenvalue weighted by Crippen LogP contribution is -2.30. The average molecular weight is 454 g/mol. The van der Waals surface area contributed by atoms with E-state index in [1.165, 1.54) is 18.0 Å². The molecule has 2 heterocycles. The Morgan fingerprint density at radius 2 is 1.87 bits per heavy atom. The van der Waals surface area contributed by atoms with Crippen molar-refractivity contribution >= 4 is 29.3 Å². The molecule has 0 saturated carbocycles. The van der Waals surface area contributed by atoms with Crippen LogP contribution >= 0.6 is 23.4 Å². The number of para-hydroxylation sites is 1. The van der Waals surface area contributed by atoms with E-state index in [0.717, 1.165) is 11.3 Å². The predicted molar refractivity (Wildman–Crippen MR) is 120 cm³/mol. The van der Waals surface area contributed by atoms with Gasteiger partial charge in [-0.2, -0.15) is 0 Å². The predicted octanol–water partition coefficient (Wildman–Crippen LogP) is 5.01. The zero-order valence-electron chi connectivity index (χ0n) is 16.9. The van der Waals surface area contributed by atoms with Crippen molar-refractivity contribution in [3.8, 4) is 17.1 Å². The molecule has 0 saturated heterocycles. The molecule has 2 aromatic carbocycles. The van der Waals surface area contributed by atoms with Gasteiger partial charge in [0.1, 0.15) is 6.26 Å². The lowest BCUT2D eigenvalue weighted by Gasteiger charge is -2.10. The third kappa shape index (κ3) is 4.81. The molecule has 1 amide bonds. The summed E-state index contributed by atoms with van der Waals surface area (Å²) >= 11 is 7.83. The minimum absolute atomic E-state index is 0.0229. The maximum absolute atomic E-state index is 12.1. The molecule has 9 heteroatoms. The summed E-state index contributed by atoms with van der Waals surface area (Å²) in [7, 11) is 0. The van der Waals surface area contributed by atoms with Crippen molar-refractivity contribution in [3.05, 3.63) is 77.5 Å². The molecule has 2 aromatic heterocycles. The first-order valence-electron chi connectivity index (χ1n) is 9.66. The van der Waals surface area contributed by atoms with E-state index in [1.54, 1.807) is 0 Å². The lowest BCUT2D eigenvalue weighted by atomic mass is 10.2. The Labute approximate surface area is 188 Å². The van der Waals surface area contributed by atoms with E-state index in [9.17, 15) is 4.79 Å². The van der Waals surface area contributed by atoms with Crippen LogP contribution in [0.5, 0.6) is 0 Å². The van der Waals surface area contributed by atoms with Crippen molar-refractivity contribution in [1.29, 1.82) is 0 Å². The number of carbonyl (C=O) groups is 1. The van der Waals surface area contributed by atoms with E-state index in [-0.39, 0.29) is 17.6 Å². The van der Waals surface area contributed by atoms with Crippen LogP contribution in [0.4, 0.5) is 0 Å². The molecule has 4 rings (SSSR count). The lowest BCUT2D eigenvalue weighted by molar-refractivity contribution is 0.0938. The number of hydrogen-bond acceptors (Lipinski definition) is 6. The summed E-state index contributed by atoms with van der Waals surface area (Å²) < 4.78 is 7.42. The Morgan fingerprint density at radius 3 is 2.61 bits per heavy atom. The number of nitrogens with one attached hydrogen (secondary N) is 1. The maximum atomic E-state index is 12.1. The van der Waals surface area contributed by atoms with E-state index >= 15 is 0 Å². The molecular weight excluding hydrogens is 434 g/mol. The topological polar surface area (TPSA) is 85.8 Å². The molecule has 0 radical (unpaired) electrons. The smallest absolute Gasteiger partial charge is 0.273 e. The van der Waals surface area contributed by atoms with Crippen LogP contribution in [-0.4, -0.2) is 31.7 Å². The molecule has 7 nitrogen and oxygen atoms in total. The van der Waals surface area contributed by atoms with Crippen molar-refractivity contribution < 1.29 is 9.21 Å². The molecule has 0 atom stereocenters. The molecule has 0 aliphatic heterocycles. The van der Waals surface area contributed by atoms with Crippen molar-refractivity contribution in [2.45, 2.75) is 30.8 Å². The highest BCUT2D eigenvalue weighted by Crippen LogP contribution is 2.32. The zero-order chi connectivity index (χ0) is 21.8. The summed E-state index contributed by atoms with van der Waals surface area (Å²) in [4.78, 5) is 16.4. The van der Waals surface area contributed by atoms with Crippen molar-refractivity contribution in [3.63, 3.8) is 0 Å². The van der Waals surface area contributed by atoms with Crippen molar-refractivity contribution in [2.24, 2.45) is 0 Å². The Bertz CT molecular complexity index is 1190. The average Bonchev–Trinajstić information content (AvgIpc) is 3.40. The van der Waals surface area contributed by atoms with Crippen LogP contribution < -0.4 is 5.32 Å². The van der Waals surface area contributed by atoms with Crippen LogP contribution in [0.2, 0.25) is 5.02 Å². The maximum Gasteiger partial charge on any atom is 0.273 e. The molecular formula is C22H20ClN5O2S. The molecule has 31 heavy (non-hydrogen) atoms. The highest BCUT2D eigenvalue weighted by Gasteiger charge is 2.19. The van der Waals surface area contributed by atoms with Gasteiger partial charge in [0.2, 0.25) is 5.89 Å². The summed E-state index contributed by atoms with van der Waals surface area (Å²) in [6, 6.07) is 17.4. The van der Waals surface area contributed by atoms with E-state index in [2.05, 4.69) is 20.5 Å². The van der Waals surface area contributed by atoms with Gasteiger partial charge in [0.25, 0.3) is 5.91 Å². The van der Waals surface area contributed by atoms with Crippen LogP contribution in [0.3, 0.4) is 0 Å². The minimum Gasteiger partial charge on any atom is -0.447 e. The molecule has 0 fully saturated rings. The molecule has 4 aromatic rings. The summed E-state index contributed by atoms with van der Waals surface area (Å²) in [6.45, 7) is 3.78. The Balaban J connectivity index is 1.62. The molecule has 0 bridgehead atoms. The van der Waals surface area contributed by atoms with Crippen LogP contribution in [0, 0.1) is 0 Å². The fourth-order valence-electron chi connectivity index (χ4n) is 2.93. The highest BCUT2D eigenvalue weighted by atomic mass is 35.5. The van der Waals surface area contributed by atoms with Gasteiger partial charge in [-0.05, 0) is 38.1 Å². The summed E-state index contributed by atoms with van der Waals surface area (Å²) in [6.07, 6.45) is 1.37. The number of amides is 1. The number of hydrogen-bond donors (Lipinski definition) is 1. The monoisotopic (exact) mass is 453 g/mol. The highest BCUT2D eigenvalue weighted by molar-refractivity contribution is 7.98. The number of halogens is 1. The number of oxazole rings is 1. The Kier molecular flexibility index (Phi) is 6.39. The quantitative estimate of drug-likeness (QED) is 0.396. The molecule has 1 N–H and O–H groups in total. The fourth-order valence-corrected chi connectivity index (χ4v) is 3.96. The summed E-state index contributed by atoms with van der Waals surface area (Å²) in [5.41, 5.74) is 1.95. The Morgan fingerprint density at radius 1 is 1.13 bits per heavy atom. The number of benzene rings is 2. The van der Waals surface area contributed by atoms with Gasteiger partial charge in [-0.3, -0.25) is 9.36 Å². The van der Waals surface area contributed by atoms with Crippen LogP contribution in [-0.2, 0) is 5.75 Å². The second-order valence-electron chi connectivity index (χ2n) is 7.00. The minimum atomic E-state index is -0.261. The number of aromatic nitrogens is 4. The third-order valence-corrected chi connectivity index (χ3v) is 5.53. The third-order valence-electron chi connectivity index (χ3n) is 4.29. The number of nitrogens with zero attached hydrogens (tertiary/aromatic N) is 4. The zero-order valence-corrected chi connectivity index (χ0v) is 18.5. The van der Waals surface area contributed by atoms with Gasteiger partial charge in [0.05, 0.1) is 10.8 Å². The van der Waals surface area contributed by atoms with Gasteiger partial charge >= 0.3 is 0 Å².